The van der Waals surface area contributed by atoms with Crippen LogP contribution in [0.5, 0.6) is 0 Å². The van der Waals surface area contributed by atoms with Crippen molar-refractivity contribution in [2.24, 2.45) is 0 Å². The average molecular weight is 382 g/mol. The Kier molecular flexibility index (Phi) is 7.91. The quantitative estimate of drug-likeness (QED) is 0.641. The van der Waals surface area contributed by atoms with Crippen LogP contribution in [0.15, 0.2) is 23.1 Å². The van der Waals surface area contributed by atoms with E-state index in [-0.39, 0.29) is 18.3 Å². The van der Waals surface area contributed by atoms with Crippen molar-refractivity contribution < 1.29 is 27.1 Å². The first-order valence-electron chi connectivity index (χ1n) is 6.98. The van der Waals surface area contributed by atoms with Crippen LogP contribution in [0.3, 0.4) is 0 Å². The van der Waals surface area contributed by atoms with Crippen LogP contribution in [0.25, 0.3) is 0 Å². The van der Waals surface area contributed by atoms with Crippen LogP contribution in [0.2, 0.25) is 0 Å². The van der Waals surface area contributed by atoms with E-state index in [0.717, 1.165) is 18.4 Å². The van der Waals surface area contributed by atoms with Crippen molar-refractivity contribution >= 4 is 33.3 Å². The average Bonchev–Trinajstić information content (AvgIpc) is 2.46. The molecule has 1 aromatic carbocycles. The van der Waals surface area contributed by atoms with Gasteiger partial charge in [-0.1, -0.05) is 0 Å². The Bertz CT molecular complexity index is 663. The van der Waals surface area contributed by atoms with Gasteiger partial charge < -0.3 is 15.7 Å². The van der Waals surface area contributed by atoms with Gasteiger partial charge in [-0.05, 0) is 30.9 Å². The second kappa shape index (κ2) is 9.19. The van der Waals surface area contributed by atoms with Gasteiger partial charge >= 0.3 is 6.03 Å². The van der Waals surface area contributed by atoms with Crippen LogP contribution in [-0.4, -0.2) is 50.5 Å². The summed E-state index contributed by atoms with van der Waals surface area (Å²) in [6.07, 6.45) is 0.0700. The summed E-state index contributed by atoms with van der Waals surface area (Å²) in [7, 11) is -3.80. The standard InChI is InChI=1S/C14H20F2N2O4S2/c1-23-8-10(5-6-19)18-14(20)17-9-3-4-12(24(2,21)22)11(7-9)13(15)16/h3-4,7,10,13,19H,5-6,8H2,1-2H3,(H2,17,18,20)/t10-/m1/s1. The molecule has 1 atom stereocenters. The highest BCUT2D eigenvalue weighted by Gasteiger charge is 2.21. The molecule has 0 bridgehead atoms. The number of carbonyl (C=O) groups is 1. The van der Waals surface area contributed by atoms with Crippen LogP contribution < -0.4 is 10.6 Å². The summed E-state index contributed by atoms with van der Waals surface area (Å²) >= 11 is 1.49. The van der Waals surface area contributed by atoms with E-state index in [4.69, 9.17) is 5.11 Å². The van der Waals surface area contributed by atoms with Gasteiger partial charge in [0, 0.05) is 35.9 Å². The molecular weight excluding hydrogens is 362 g/mol. The Labute approximate surface area is 143 Å². The van der Waals surface area contributed by atoms with Crippen LogP contribution in [0.4, 0.5) is 19.3 Å². The van der Waals surface area contributed by atoms with Gasteiger partial charge in [0.1, 0.15) is 0 Å². The van der Waals surface area contributed by atoms with Gasteiger partial charge in [0.25, 0.3) is 6.43 Å². The Morgan fingerprint density at radius 1 is 1.38 bits per heavy atom. The smallest absolute Gasteiger partial charge is 0.319 e. The second-order valence-corrected chi connectivity index (χ2v) is 7.98. The third kappa shape index (κ3) is 6.25. The van der Waals surface area contributed by atoms with Gasteiger partial charge in [-0.3, -0.25) is 0 Å². The number of benzene rings is 1. The van der Waals surface area contributed by atoms with Crippen molar-refractivity contribution in [3.8, 4) is 0 Å². The molecule has 0 aliphatic carbocycles. The molecule has 1 aromatic rings. The van der Waals surface area contributed by atoms with Gasteiger partial charge in [0.2, 0.25) is 0 Å². The van der Waals surface area contributed by atoms with Crippen LogP contribution in [0.1, 0.15) is 18.4 Å². The van der Waals surface area contributed by atoms with Gasteiger partial charge in [0.05, 0.1) is 4.90 Å². The van der Waals surface area contributed by atoms with E-state index < -0.39 is 32.8 Å². The summed E-state index contributed by atoms with van der Waals surface area (Å²) in [5, 5.41) is 14.0. The topological polar surface area (TPSA) is 95.5 Å². The first kappa shape index (κ1) is 20.7. The molecule has 0 aromatic heterocycles. The van der Waals surface area contributed by atoms with Crippen molar-refractivity contribution in [3.63, 3.8) is 0 Å². The zero-order valence-electron chi connectivity index (χ0n) is 13.3. The number of alkyl halides is 2. The number of aliphatic hydroxyl groups excluding tert-OH is 1. The maximum absolute atomic E-state index is 13.1. The molecule has 0 spiro atoms. The minimum Gasteiger partial charge on any atom is -0.396 e. The van der Waals surface area contributed by atoms with E-state index in [1.165, 1.54) is 17.8 Å². The van der Waals surface area contributed by atoms with Gasteiger partial charge in [-0.25, -0.2) is 22.0 Å². The molecule has 6 nitrogen and oxygen atoms in total. The molecule has 1 rings (SSSR count). The first-order valence-corrected chi connectivity index (χ1v) is 10.3. The van der Waals surface area contributed by atoms with Gasteiger partial charge in [-0.15, -0.1) is 0 Å². The molecule has 2 amide bonds. The van der Waals surface area contributed by atoms with Gasteiger partial charge in [-0.2, -0.15) is 11.8 Å². The molecule has 0 saturated carbocycles. The Morgan fingerprint density at radius 2 is 2.04 bits per heavy atom. The molecule has 3 N–H and O–H groups in total. The summed E-state index contributed by atoms with van der Waals surface area (Å²) in [5.74, 6) is 0.587. The molecule has 0 unspecified atom stereocenters. The molecular formula is C14H20F2N2O4S2. The third-order valence-corrected chi connectivity index (χ3v) is 4.99. The molecule has 0 aliphatic heterocycles. The number of carbonyl (C=O) groups excluding carboxylic acids is 1. The lowest BCUT2D eigenvalue weighted by atomic mass is 10.2. The van der Waals surface area contributed by atoms with Crippen molar-refractivity contribution in [2.75, 3.05) is 30.2 Å². The van der Waals surface area contributed by atoms with E-state index in [2.05, 4.69) is 10.6 Å². The Morgan fingerprint density at radius 3 is 2.54 bits per heavy atom. The highest BCUT2D eigenvalue weighted by Crippen LogP contribution is 2.29. The van der Waals surface area contributed by atoms with Crippen LogP contribution >= 0.6 is 11.8 Å². The van der Waals surface area contributed by atoms with E-state index in [9.17, 15) is 22.0 Å². The first-order chi connectivity index (χ1) is 11.2. The molecule has 0 heterocycles. The molecule has 136 valence electrons. The number of halogens is 2. The molecule has 0 fully saturated rings. The molecule has 24 heavy (non-hydrogen) atoms. The molecule has 0 aliphatic rings. The van der Waals surface area contributed by atoms with Crippen molar-refractivity contribution in [3.05, 3.63) is 23.8 Å². The lowest BCUT2D eigenvalue weighted by Gasteiger charge is -2.17. The predicted octanol–water partition coefficient (Wildman–Crippen LogP) is 2.26. The highest BCUT2D eigenvalue weighted by atomic mass is 32.2. The summed E-state index contributed by atoms with van der Waals surface area (Å²) in [4.78, 5) is 11.4. The van der Waals surface area contributed by atoms with Crippen molar-refractivity contribution in [1.29, 1.82) is 0 Å². The van der Waals surface area contributed by atoms with Crippen molar-refractivity contribution in [1.82, 2.24) is 5.32 Å². The lowest BCUT2D eigenvalue weighted by Crippen LogP contribution is -2.40. The number of anilines is 1. The summed E-state index contributed by atoms with van der Waals surface area (Å²) in [6, 6.07) is 2.34. The summed E-state index contributed by atoms with van der Waals surface area (Å²) in [5.41, 5.74) is -0.603. The zero-order valence-corrected chi connectivity index (χ0v) is 14.9. The number of hydrogen-bond donors (Lipinski definition) is 3. The number of hydrogen-bond acceptors (Lipinski definition) is 5. The summed E-state index contributed by atoms with van der Waals surface area (Å²) in [6.45, 7) is -0.0932. The fourth-order valence-corrected chi connectivity index (χ4v) is 3.58. The number of rotatable bonds is 8. The maximum atomic E-state index is 13.1. The fraction of sp³-hybridized carbons (Fsp3) is 0.500. The minimum atomic E-state index is -3.80. The Balaban J connectivity index is 2.92. The van der Waals surface area contributed by atoms with E-state index in [0.29, 0.717) is 12.2 Å². The predicted molar refractivity (Wildman–Crippen MR) is 90.5 cm³/mol. The van der Waals surface area contributed by atoms with Crippen LogP contribution in [0, 0.1) is 0 Å². The van der Waals surface area contributed by atoms with E-state index in [1.807, 2.05) is 6.26 Å². The lowest BCUT2D eigenvalue weighted by molar-refractivity contribution is 0.148. The number of aliphatic hydroxyl groups is 1. The van der Waals surface area contributed by atoms with E-state index in [1.54, 1.807) is 0 Å². The number of thioether (sulfide) groups is 1. The molecule has 0 saturated heterocycles. The summed E-state index contributed by atoms with van der Waals surface area (Å²) < 4.78 is 49.2. The fourth-order valence-electron chi connectivity index (χ4n) is 2.04. The monoisotopic (exact) mass is 382 g/mol. The SMILES string of the molecule is CSC[C@@H](CCO)NC(=O)Nc1ccc(S(C)(=O)=O)c(C(F)F)c1. The second-order valence-electron chi connectivity index (χ2n) is 5.09. The largest absolute Gasteiger partial charge is 0.396 e. The zero-order chi connectivity index (χ0) is 18.3. The van der Waals surface area contributed by atoms with E-state index >= 15 is 0 Å². The molecule has 10 heteroatoms. The number of nitrogens with one attached hydrogen (secondary N) is 2. The number of urea groups is 1. The highest BCUT2D eigenvalue weighted by molar-refractivity contribution is 7.98. The normalized spacial score (nSPS) is 12.9. The van der Waals surface area contributed by atoms with Crippen molar-refractivity contribution in [2.45, 2.75) is 23.8 Å². The maximum Gasteiger partial charge on any atom is 0.319 e. The van der Waals surface area contributed by atoms with Gasteiger partial charge in [0.15, 0.2) is 9.84 Å². The number of sulfone groups is 1. The minimum absolute atomic E-state index is 0.0575. The van der Waals surface area contributed by atoms with Crippen LogP contribution in [-0.2, 0) is 9.84 Å². The molecule has 0 radical (unpaired) electrons. The third-order valence-electron chi connectivity index (χ3n) is 3.08. The number of amides is 2. The Hall–Kier alpha value is -1.39.